The highest BCUT2D eigenvalue weighted by molar-refractivity contribution is 5.76. The monoisotopic (exact) mass is 352 g/mol. The van der Waals surface area contributed by atoms with Crippen molar-refractivity contribution in [2.45, 2.75) is 65.0 Å². The molecule has 0 spiro atoms. The van der Waals surface area contributed by atoms with E-state index >= 15 is 0 Å². The van der Waals surface area contributed by atoms with Gasteiger partial charge in [0, 0.05) is 31.4 Å². The molecule has 0 aliphatic heterocycles. The molecule has 140 valence electrons. The van der Waals surface area contributed by atoms with Crippen LogP contribution in [0.2, 0.25) is 0 Å². The molecule has 0 N–H and O–H groups in total. The maximum Gasteiger partial charge on any atom is 0.222 e. The smallest absolute Gasteiger partial charge is 0.222 e. The van der Waals surface area contributed by atoms with Crippen LogP contribution >= 0.6 is 0 Å². The average Bonchev–Trinajstić information content (AvgIpc) is 3.32. The Hall–Kier alpha value is -2.03. The molecule has 0 unspecified atom stereocenters. The number of carbonyl (C=O) groups excluding carboxylic acids is 1. The number of hydrogen-bond donors (Lipinski definition) is 0. The molecule has 3 rings (SSSR count). The van der Waals surface area contributed by atoms with Crippen molar-refractivity contribution in [3.8, 4) is 0 Å². The van der Waals surface area contributed by atoms with Crippen LogP contribution in [0.1, 0.15) is 63.1 Å². The summed E-state index contributed by atoms with van der Waals surface area (Å²) in [6.07, 6.45) is 10.3. The summed E-state index contributed by atoms with van der Waals surface area (Å²) in [5, 5.41) is 0. The number of benzene rings is 1. The van der Waals surface area contributed by atoms with Gasteiger partial charge in [0.25, 0.3) is 0 Å². The van der Waals surface area contributed by atoms with Crippen LogP contribution in [-0.4, -0.2) is 21.9 Å². The van der Waals surface area contributed by atoms with Gasteiger partial charge in [-0.3, -0.25) is 4.79 Å². The van der Waals surface area contributed by atoms with Crippen molar-refractivity contribution in [2.75, 3.05) is 6.54 Å². The summed E-state index contributed by atoms with van der Waals surface area (Å²) >= 11 is 0. The first-order chi connectivity index (χ1) is 12.8. The molecular weight excluding hydrogens is 320 g/mol. The second-order valence-corrected chi connectivity index (χ2v) is 7.62. The van der Waals surface area contributed by atoms with Gasteiger partial charge < -0.3 is 9.47 Å². The predicted octanol–water partition coefficient (Wildman–Crippen LogP) is 5.25. The van der Waals surface area contributed by atoms with E-state index in [0.717, 1.165) is 38.4 Å². The van der Waals surface area contributed by atoms with Crippen LogP contribution in [0.5, 0.6) is 0 Å². The average molecular weight is 353 g/mol. The van der Waals surface area contributed by atoms with E-state index < -0.39 is 0 Å². The number of rotatable bonds is 9. The minimum absolute atomic E-state index is 0.325. The lowest BCUT2D eigenvalue weighted by atomic mass is 10.0. The number of aromatic nitrogens is 1. The zero-order chi connectivity index (χ0) is 18.2. The largest absolute Gasteiger partial charge is 0.345 e. The molecule has 26 heavy (non-hydrogen) atoms. The van der Waals surface area contributed by atoms with Gasteiger partial charge in [-0.05, 0) is 36.5 Å². The molecule has 0 radical (unpaired) electrons. The van der Waals surface area contributed by atoms with Crippen LogP contribution in [-0.2, 0) is 17.9 Å². The maximum atomic E-state index is 12.8. The third kappa shape index (κ3) is 5.23. The summed E-state index contributed by atoms with van der Waals surface area (Å²) in [6.45, 7) is 4.58. The zero-order valence-corrected chi connectivity index (χ0v) is 16.1. The molecule has 1 aromatic carbocycles. The second kappa shape index (κ2) is 9.61. The van der Waals surface area contributed by atoms with Gasteiger partial charge in [-0.25, -0.2) is 0 Å². The van der Waals surface area contributed by atoms with E-state index in [-0.39, 0.29) is 0 Å². The fraction of sp³-hybridized carbons (Fsp3) is 0.522. The van der Waals surface area contributed by atoms with Crippen molar-refractivity contribution in [1.29, 1.82) is 0 Å². The Morgan fingerprint density at radius 1 is 1.12 bits per heavy atom. The highest BCUT2D eigenvalue weighted by atomic mass is 16.2. The van der Waals surface area contributed by atoms with Gasteiger partial charge >= 0.3 is 0 Å². The Bertz CT molecular complexity index is 671. The Labute approximate surface area is 158 Å². The van der Waals surface area contributed by atoms with Gasteiger partial charge in [-0.15, -0.1) is 0 Å². The topological polar surface area (TPSA) is 25.2 Å². The van der Waals surface area contributed by atoms with Crippen molar-refractivity contribution in [2.24, 2.45) is 5.92 Å². The molecule has 1 saturated carbocycles. The van der Waals surface area contributed by atoms with Crippen molar-refractivity contribution in [3.63, 3.8) is 0 Å². The third-order valence-corrected chi connectivity index (χ3v) is 5.56. The van der Waals surface area contributed by atoms with Crippen molar-refractivity contribution >= 4 is 5.91 Å². The predicted molar refractivity (Wildman–Crippen MR) is 107 cm³/mol. The molecule has 1 aromatic heterocycles. The van der Waals surface area contributed by atoms with Gasteiger partial charge in [0.05, 0.1) is 6.54 Å². The first-order valence-corrected chi connectivity index (χ1v) is 10.2. The maximum absolute atomic E-state index is 12.8. The Morgan fingerprint density at radius 2 is 1.88 bits per heavy atom. The molecule has 0 bridgehead atoms. The first-order valence-electron chi connectivity index (χ1n) is 10.2. The van der Waals surface area contributed by atoms with Crippen molar-refractivity contribution in [1.82, 2.24) is 9.47 Å². The number of carbonyl (C=O) groups is 1. The van der Waals surface area contributed by atoms with Crippen LogP contribution in [0.25, 0.3) is 0 Å². The number of hydrogen-bond acceptors (Lipinski definition) is 1. The molecule has 1 aliphatic carbocycles. The van der Waals surface area contributed by atoms with Gasteiger partial charge in [0.1, 0.15) is 0 Å². The van der Waals surface area contributed by atoms with Gasteiger partial charge in [0.2, 0.25) is 5.91 Å². The lowest BCUT2D eigenvalue weighted by molar-refractivity contribution is -0.132. The Balaban J connectivity index is 1.60. The van der Waals surface area contributed by atoms with E-state index in [1.54, 1.807) is 0 Å². The fourth-order valence-corrected chi connectivity index (χ4v) is 4.07. The molecule has 0 saturated heterocycles. The highest BCUT2D eigenvalue weighted by Crippen LogP contribution is 2.28. The van der Waals surface area contributed by atoms with Gasteiger partial charge in [-0.2, -0.15) is 0 Å². The van der Waals surface area contributed by atoms with Crippen molar-refractivity contribution < 1.29 is 4.79 Å². The van der Waals surface area contributed by atoms with E-state index in [0.29, 0.717) is 12.3 Å². The van der Waals surface area contributed by atoms with Crippen LogP contribution in [0.4, 0.5) is 0 Å². The normalized spacial score (nSPS) is 14.7. The van der Waals surface area contributed by atoms with E-state index in [1.807, 2.05) is 6.07 Å². The first kappa shape index (κ1) is 18.8. The number of amides is 1. The van der Waals surface area contributed by atoms with Crippen molar-refractivity contribution in [3.05, 3.63) is 59.9 Å². The zero-order valence-electron chi connectivity index (χ0n) is 16.1. The molecule has 1 fully saturated rings. The summed E-state index contributed by atoms with van der Waals surface area (Å²) in [5.41, 5.74) is 2.51. The van der Waals surface area contributed by atoms with Crippen LogP contribution in [0.3, 0.4) is 0 Å². The lowest BCUT2D eigenvalue weighted by Gasteiger charge is -2.24. The lowest BCUT2D eigenvalue weighted by Crippen LogP contribution is -2.32. The minimum Gasteiger partial charge on any atom is -0.345 e. The summed E-state index contributed by atoms with van der Waals surface area (Å²) in [7, 11) is 0. The number of nitrogens with zero attached hydrogens (tertiary/aromatic N) is 2. The summed E-state index contributed by atoms with van der Waals surface area (Å²) in [4.78, 5) is 14.9. The van der Waals surface area contributed by atoms with E-state index in [4.69, 9.17) is 0 Å². The molecule has 3 nitrogen and oxygen atoms in total. The van der Waals surface area contributed by atoms with Crippen LogP contribution < -0.4 is 0 Å². The Kier molecular flexibility index (Phi) is 6.93. The SMILES string of the molecule is CCCN(Cc1cccn1Cc1ccccc1)C(=O)CCC1CCCC1. The van der Waals surface area contributed by atoms with E-state index in [1.165, 1.54) is 36.9 Å². The highest BCUT2D eigenvalue weighted by Gasteiger charge is 2.19. The van der Waals surface area contributed by atoms with E-state index in [2.05, 4.69) is 59.0 Å². The standard InChI is InChI=1S/C23H32N2O/c1-2-16-25(23(26)15-14-20-9-6-7-10-20)19-22-13-8-17-24(22)18-21-11-4-3-5-12-21/h3-5,8,11-13,17,20H,2,6-7,9-10,14-16,18-19H2,1H3. The third-order valence-electron chi connectivity index (χ3n) is 5.56. The molecule has 1 heterocycles. The van der Waals surface area contributed by atoms with Crippen LogP contribution in [0, 0.1) is 5.92 Å². The second-order valence-electron chi connectivity index (χ2n) is 7.62. The molecule has 2 aromatic rings. The molecule has 1 aliphatic rings. The quantitative estimate of drug-likeness (QED) is 0.605. The van der Waals surface area contributed by atoms with Gasteiger partial charge in [0.15, 0.2) is 0 Å². The summed E-state index contributed by atoms with van der Waals surface area (Å²) < 4.78 is 2.27. The summed E-state index contributed by atoms with van der Waals surface area (Å²) in [6, 6.07) is 14.7. The Morgan fingerprint density at radius 3 is 2.62 bits per heavy atom. The molecule has 0 atom stereocenters. The molecular formula is C23H32N2O. The van der Waals surface area contributed by atoms with Crippen LogP contribution in [0.15, 0.2) is 48.7 Å². The summed E-state index contributed by atoms with van der Waals surface area (Å²) in [5.74, 6) is 1.11. The van der Waals surface area contributed by atoms with E-state index in [9.17, 15) is 4.79 Å². The fourth-order valence-electron chi connectivity index (χ4n) is 4.07. The molecule has 1 amide bonds. The van der Waals surface area contributed by atoms with Gasteiger partial charge in [-0.1, -0.05) is 62.9 Å². The minimum atomic E-state index is 0.325. The molecule has 3 heteroatoms.